The molecule has 2 heterocycles. The van der Waals surface area contributed by atoms with Crippen LogP contribution in [-0.2, 0) is 0 Å². The molecule has 0 unspecified atom stereocenters. The van der Waals surface area contributed by atoms with E-state index in [-0.39, 0.29) is 34.5 Å². The van der Waals surface area contributed by atoms with Crippen molar-refractivity contribution in [3.8, 4) is 11.3 Å². The molecule has 37 heavy (non-hydrogen) atoms. The number of fused-ring (bicyclic) bond motifs is 1. The molecule has 0 N–H and O–H groups in total. The van der Waals surface area contributed by atoms with Gasteiger partial charge < -0.3 is 4.42 Å². The number of likely N-dealkylation sites (N-methyl/N-ethyl adjacent to an activating group) is 1. The van der Waals surface area contributed by atoms with E-state index < -0.39 is 17.4 Å². The van der Waals surface area contributed by atoms with Crippen LogP contribution in [0.1, 0.15) is 42.8 Å². The number of hydrogen-bond donors (Lipinski definition) is 0. The first kappa shape index (κ1) is 23.9. The van der Waals surface area contributed by atoms with Crippen molar-refractivity contribution in [2.45, 2.75) is 11.5 Å². The third-order valence-electron chi connectivity index (χ3n) is 7.58. The van der Waals surface area contributed by atoms with E-state index in [9.17, 15) is 14.4 Å². The van der Waals surface area contributed by atoms with E-state index in [1.165, 1.54) is 0 Å². The number of likely N-dealkylation sites (tertiary alicyclic amines) is 1. The molecule has 0 radical (unpaired) electrons. The van der Waals surface area contributed by atoms with Gasteiger partial charge in [-0.15, -0.1) is 0 Å². The monoisotopic (exact) mass is 529 g/mol. The normalized spacial score (nSPS) is 20.5. The molecule has 1 fully saturated rings. The Morgan fingerprint density at radius 1 is 0.865 bits per heavy atom. The van der Waals surface area contributed by atoms with Gasteiger partial charge in [-0.05, 0) is 55.6 Å². The van der Waals surface area contributed by atoms with Gasteiger partial charge in [0.2, 0.25) is 0 Å². The standard InChI is InChI=1S/C30H21Cl2NO4/c1-33-16-22(25-15-14-24(37-25)17-10-12-18(31)13-11-17)26(27(34)21-8-4-5-9-23(21)32)30(33)28(35)19-6-2-3-7-20(19)29(30)36/h2-15,22,26H,16H2,1H3/t22-,26+/m1/s1. The molecule has 1 aliphatic carbocycles. The summed E-state index contributed by atoms with van der Waals surface area (Å²) in [6, 6.07) is 24.3. The molecule has 184 valence electrons. The van der Waals surface area contributed by atoms with E-state index in [2.05, 4.69) is 0 Å². The highest BCUT2D eigenvalue weighted by molar-refractivity contribution is 6.37. The predicted octanol–water partition coefficient (Wildman–Crippen LogP) is 6.60. The number of carbonyl (C=O) groups is 3. The highest BCUT2D eigenvalue weighted by Crippen LogP contribution is 2.52. The molecule has 1 spiro atoms. The van der Waals surface area contributed by atoms with Gasteiger partial charge in [0.15, 0.2) is 22.9 Å². The summed E-state index contributed by atoms with van der Waals surface area (Å²) in [5.74, 6) is -1.56. The first-order chi connectivity index (χ1) is 17.8. The van der Waals surface area contributed by atoms with Gasteiger partial charge in [0.05, 0.1) is 10.9 Å². The molecule has 2 aliphatic rings. The summed E-state index contributed by atoms with van der Waals surface area (Å²) in [7, 11) is 1.72. The maximum atomic E-state index is 14.2. The average Bonchev–Trinajstić information content (AvgIpc) is 3.57. The van der Waals surface area contributed by atoms with E-state index in [1.54, 1.807) is 72.6 Å². The first-order valence-corrected chi connectivity index (χ1v) is 12.6. The number of furan rings is 1. The molecule has 7 heteroatoms. The van der Waals surface area contributed by atoms with Crippen molar-refractivity contribution in [1.29, 1.82) is 0 Å². The van der Waals surface area contributed by atoms with Gasteiger partial charge in [0.25, 0.3) is 0 Å². The van der Waals surface area contributed by atoms with Crippen LogP contribution in [0.15, 0.2) is 89.3 Å². The second kappa shape index (κ2) is 8.80. The molecule has 2 atom stereocenters. The first-order valence-electron chi connectivity index (χ1n) is 11.9. The van der Waals surface area contributed by atoms with Gasteiger partial charge >= 0.3 is 0 Å². The molecule has 0 bridgehead atoms. The second-order valence-electron chi connectivity index (χ2n) is 9.49. The van der Waals surface area contributed by atoms with Gasteiger partial charge in [-0.1, -0.05) is 59.6 Å². The molecular formula is C30H21Cl2NO4. The summed E-state index contributed by atoms with van der Waals surface area (Å²) < 4.78 is 6.26. The Bertz CT molecular complexity index is 1540. The summed E-state index contributed by atoms with van der Waals surface area (Å²) in [5, 5.41) is 0.880. The van der Waals surface area contributed by atoms with Crippen LogP contribution in [0, 0.1) is 5.92 Å². The van der Waals surface area contributed by atoms with E-state index >= 15 is 0 Å². The van der Waals surface area contributed by atoms with Crippen molar-refractivity contribution >= 4 is 40.6 Å². The summed E-state index contributed by atoms with van der Waals surface area (Å²) in [6.45, 7) is 0.278. The minimum Gasteiger partial charge on any atom is -0.461 e. The molecular weight excluding hydrogens is 509 g/mol. The smallest absolute Gasteiger partial charge is 0.192 e. The SMILES string of the molecule is CN1C[C@H](c2ccc(-c3ccc(Cl)cc3)o2)[C@@H](C(=O)c2ccccc2Cl)C12C(=O)c1ccccc1C2=O. The van der Waals surface area contributed by atoms with Gasteiger partial charge in [-0.25, -0.2) is 0 Å². The Kier molecular flexibility index (Phi) is 5.68. The van der Waals surface area contributed by atoms with Crippen molar-refractivity contribution in [2.24, 2.45) is 5.92 Å². The van der Waals surface area contributed by atoms with Crippen LogP contribution >= 0.6 is 23.2 Å². The number of rotatable bonds is 4. The second-order valence-corrected chi connectivity index (χ2v) is 10.3. The highest BCUT2D eigenvalue weighted by atomic mass is 35.5. The van der Waals surface area contributed by atoms with E-state index in [0.717, 1.165) is 5.56 Å². The third-order valence-corrected chi connectivity index (χ3v) is 8.16. The van der Waals surface area contributed by atoms with E-state index in [4.69, 9.17) is 27.6 Å². The Hall–Kier alpha value is -3.51. The Labute approximate surface area is 223 Å². The molecule has 5 nitrogen and oxygen atoms in total. The fourth-order valence-electron chi connectivity index (χ4n) is 5.87. The topological polar surface area (TPSA) is 67.6 Å². The highest BCUT2D eigenvalue weighted by Gasteiger charge is 2.68. The quantitative estimate of drug-likeness (QED) is 0.220. The Morgan fingerprint density at radius 2 is 1.49 bits per heavy atom. The number of benzene rings is 3. The predicted molar refractivity (Wildman–Crippen MR) is 142 cm³/mol. The molecule has 0 amide bonds. The fourth-order valence-corrected chi connectivity index (χ4v) is 6.23. The molecule has 1 aliphatic heterocycles. The molecule has 4 aromatic rings. The van der Waals surface area contributed by atoms with Crippen LogP contribution in [-0.4, -0.2) is 41.4 Å². The number of ketones is 3. The van der Waals surface area contributed by atoms with Gasteiger partial charge in [0.1, 0.15) is 11.5 Å². The van der Waals surface area contributed by atoms with Gasteiger partial charge in [-0.2, -0.15) is 0 Å². The average molecular weight is 530 g/mol. The number of halogens is 2. The van der Waals surface area contributed by atoms with Crippen LogP contribution < -0.4 is 0 Å². The summed E-state index contributed by atoms with van der Waals surface area (Å²) in [5.41, 5.74) is 0.0789. The van der Waals surface area contributed by atoms with Crippen LogP contribution in [0.25, 0.3) is 11.3 Å². The van der Waals surface area contributed by atoms with Crippen LogP contribution in [0.4, 0.5) is 0 Å². The van der Waals surface area contributed by atoms with Crippen LogP contribution in [0.3, 0.4) is 0 Å². The van der Waals surface area contributed by atoms with Crippen LogP contribution in [0.2, 0.25) is 10.0 Å². The lowest BCUT2D eigenvalue weighted by molar-refractivity contribution is 0.0514. The Balaban J connectivity index is 1.51. The summed E-state index contributed by atoms with van der Waals surface area (Å²) >= 11 is 12.5. The van der Waals surface area contributed by atoms with Gasteiger partial charge in [0, 0.05) is 39.7 Å². The summed E-state index contributed by atoms with van der Waals surface area (Å²) in [6.07, 6.45) is 0. The third kappa shape index (κ3) is 3.46. The minimum absolute atomic E-state index is 0.271. The fraction of sp³-hybridized carbons (Fsp3) is 0.167. The molecule has 6 rings (SSSR count). The lowest BCUT2D eigenvalue weighted by Crippen LogP contribution is -2.57. The Morgan fingerprint density at radius 3 is 2.14 bits per heavy atom. The maximum Gasteiger partial charge on any atom is 0.192 e. The zero-order chi connectivity index (χ0) is 25.9. The van der Waals surface area contributed by atoms with E-state index in [0.29, 0.717) is 27.7 Å². The number of carbonyl (C=O) groups excluding carboxylic acids is 3. The number of Topliss-reactive ketones (excluding diaryl/α,β-unsaturated/α-hetero) is 3. The molecule has 0 saturated carbocycles. The molecule has 1 saturated heterocycles. The zero-order valence-corrected chi connectivity index (χ0v) is 21.3. The van der Waals surface area contributed by atoms with Crippen molar-refractivity contribution in [3.63, 3.8) is 0 Å². The van der Waals surface area contributed by atoms with E-state index in [1.807, 2.05) is 24.3 Å². The van der Waals surface area contributed by atoms with Gasteiger partial charge in [-0.3, -0.25) is 19.3 Å². The molecule has 3 aromatic carbocycles. The largest absolute Gasteiger partial charge is 0.461 e. The number of hydrogen-bond acceptors (Lipinski definition) is 5. The number of nitrogens with zero attached hydrogens (tertiary/aromatic N) is 1. The lowest BCUT2D eigenvalue weighted by atomic mass is 9.71. The van der Waals surface area contributed by atoms with Crippen molar-refractivity contribution in [2.75, 3.05) is 13.6 Å². The van der Waals surface area contributed by atoms with Crippen LogP contribution in [0.5, 0.6) is 0 Å². The van der Waals surface area contributed by atoms with Crippen molar-refractivity contribution < 1.29 is 18.8 Å². The minimum atomic E-state index is -1.68. The lowest BCUT2D eigenvalue weighted by Gasteiger charge is -2.33. The van der Waals surface area contributed by atoms with Crippen molar-refractivity contribution in [3.05, 3.63) is 117 Å². The van der Waals surface area contributed by atoms with Crippen molar-refractivity contribution in [1.82, 2.24) is 4.90 Å². The maximum absolute atomic E-state index is 14.2. The summed E-state index contributed by atoms with van der Waals surface area (Å²) in [4.78, 5) is 44.0. The molecule has 1 aromatic heterocycles. The zero-order valence-electron chi connectivity index (χ0n) is 19.8.